The molecule has 24 heavy (non-hydrogen) atoms. The van der Waals surface area contributed by atoms with Crippen molar-refractivity contribution in [2.45, 2.75) is 19.4 Å². The summed E-state index contributed by atoms with van der Waals surface area (Å²) in [6.45, 7) is 1.13. The number of carbonyl (C=O) groups is 1. The second kappa shape index (κ2) is 6.70. The third-order valence-electron chi connectivity index (χ3n) is 4.31. The van der Waals surface area contributed by atoms with Gasteiger partial charge in [-0.25, -0.2) is 0 Å². The number of para-hydroxylation sites is 1. The van der Waals surface area contributed by atoms with Gasteiger partial charge in [-0.2, -0.15) is 0 Å². The SMILES string of the molecule is COc1ccc2c(c1)CN(C(=O)Cc1ccccc1[N+](=O)[O-])CC2. The minimum Gasteiger partial charge on any atom is -0.497 e. The predicted molar refractivity (Wildman–Crippen MR) is 88.9 cm³/mol. The van der Waals surface area contributed by atoms with Gasteiger partial charge in [-0.3, -0.25) is 14.9 Å². The maximum absolute atomic E-state index is 12.6. The molecule has 0 unspecified atom stereocenters. The number of hydrogen-bond donors (Lipinski definition) is 0. The van der Waals surface area contributed by atoms with Crippen molar-refractivity contribution in [2.75, 3.05) is 13.7 Å². The molecule has 0 radical (unpaired) electrons. The van der Waals surface area contributed by atoms with Crippen LogP contribution >= 0.6 is 0 Å². The van der Waals surface area contributed by atoms with Crippen LogP contribution < -0.4 is 4.74 Å². The Hall–Kier alpha value is -2.89. The van der Waals surface area contributed by atoms with Crippen molar-refractivity contribution >= 4 is 11.6 Å². The first kappa shape index (κ1) is 16.0. The summed E-state index contributed by atoms with van der Waals surface area (Å²) >= 11 is 0. The highest BCUT2D eigenvalue weighted by Crippen LogP contribution is 2.25. The van der Waals surface area contributed by atoms with E-state index in [-0.39, 0.29) is 18.0 Å². The molecule has 1 aliphatic heterocycles. The lowest BCUT2D eigenvalue weighted by Crippen LogP contribution is -2.37. The van der Waals surface area contributed by atoms with E-state index in [2.05, 4.69) is 0 Å². The van der Waals surface area contributed by atoms with E-state index in [9.17, 15) is 14.9 Å². The number of rotatable bonds is 4. The van der Waals surface area contributed by atoms with Gasteiger partial charge in [0.2, 0.25) is 5.91 Å². The van der Waals surface area contributed by atoms with Crippen LogP contribution in [0.2, 0.25) is 0 Å². The van der Waals surface area contributed by atoms with Gasteiger partial charge in [0.25, 0.3) is 5.69 Å². The zero-order valence-electron chi connectivity index (χ0n) is 13.4. The monoisotopic (exact) mass is 326 g/mol. The van der Waals surface area contributed by atoms with Gasteiger partial charge < -0.3 is 9.64 Å². The first-order chi connectivity index (χ1) is 11.6. The third-order valence-corrected chi connectivity index (χ3v) is 4.31. The van der Waals surface area contributed by atoms with Crippen LogP contribution in [0, 0.1) is 10.1 Å². The summed E-state index contributed by atoms with van der Waals surface area (Å²) in [7, 11) is 1.61. The summed E-state index contributed by atoms with van der Waals surface area (Å²) in [5, 5.41) is 11.1. The van der Waals surface area contributed by atoms with Crippen LogP contribution in [0.5, 0.6) is 5.75 Å². The average molecular weight is 326 g/mol. The van der Waals surface area contributed by atoms with Gasteiger partial charge in [-0.1, -0.05) is 24.3 Å². The van der Waals surface area contributed by atoms with Crippen LogP contribution in [-0.2, 0) is 24.2 Å². The second-order valence-corrected chi connectivity index (χ2v) is 5.76. The molecule has 3 rings (SSSR count). The maximum atomic E-state index is 12.6. The summed E-state index contributed by atoms with van der Waals surface area (Å²) in [6, 6.07) is 12.3. The van der Waals surface area contributed by atoms with E-state index in [1.165, 1.54) is 11.6 Å². The minimum absolute atomic E-state index is 0.00933. The fraction of sp³-hybridized carbons (Fsp3) is 0.278. The summed E-state index contributed by atoms with van der Waals surface area (Å²) in [5.74, 6) is 0.666. The van der Waals surface area contributed by atoms with Crippen LogP contribution in [0.15, 0.2) is 42.5 Å². The highest BCUT2D eigenvalue weighted by atomic mass is 16.6. The number of nitro benzene ring substituents is 1. The van der Waals surface area contributed by atoms with E-state index >= 15 is 0 Å². The Balaban J connectivity index is 1.76. The zero-order chi connectivity index (χ0) is 17.1. The van der Waals surface area contributed by atoms with Gasteiger partial charge in [0.15, 0.2) is 0 Å². The first-order valence-electron chi connectivity index (χ1n) is 7.74. The number of methoxy groups -OCH3 is 1. The molecule has 1 aliphatic rings. The second-order valence-electron chi connectivity index (χ2n) is 5.76. The minimum atomic E-state index is -0.445. The molecule has 2 aromatic rings. The lowest BCUT2D eigenvalue weighted by molar-refractivity contribution is -0.385. The average Bonchev–Trinajstić information content (AvgIpc) is 2.61. The Morgan fingerprint density at radius 2 is 2.04 bits per heavy atom. The van der Waals surface area contributed by atoms with Gasteiger partial charge in [0.05, 0.1) is 18.5 Å². The maximum Gasteiger partial charge on any atom is 0.273 e. The Bertz CT molecular complexity index is 788. The van der Waals surface area contributed by atoms with Gasteiger partial charge >= 0.3 is 0 Å². The Morgan fingerprint density at radius 3 is 2.79 bits per heavy atom. The molecular formula is C18H18N2O4. The lowest BCUT2D eigenvalue weighted by Gasteiger charge is -2.29. The number of nitro groups is 1. The topological polar surface area (TPSA) is 72.7 Å². The summed E-state index contributed by atoms with van der Waals surface area (Å²) in [6.07, 6.45) is 0.818. The van der Waals surface area contributed by atoms with Crippen molar-refractivity contribution in [3.63, 3.8) is 0 Å². The summed E-state index contributed by atoms with van der Waals surface area (Å²) < 4.78 is 5.24. The molecule has 0 spiro atoms. The van der Waals surface area contributed by atoms with Crippen molar-refractivity contribution in [3.05, 3.63) is 69.3 Å². The van der Waals surface area contributed by atoms with E-state index in [1.807, 2.05) is 18.2 Å². The molecule has 0 aliphatic carbocycles. The highest BCUT2D eigenvalue weighted by Gasteiger charge is 2.23. The molecular weight excluding hydrogens is 308 g/mol. The van der Waals surface area contributed by atoms with E-state index in [4.69, 9.17) is 4.74 Å². The number of ether oxygens (including phenoxy) is 1. The molecule has 2 aromatic carbocycles. The standard InChI is InChI=1S/C18H18N2O4/c1-24-16-7-6-13-8-9-19(12-15(13)10-16)18(21)11-14-4-2-3-5-17(14)20(22)23/h2-7,10H,8-9,11-12H2,1H3. The largest absolute Gasteiger partial charge is 0.497 e. The van der Waals surface area contributed by atoms with E-state index in [0.717, 1.165) is 17.7 Å². The Morgan fingerprint density at radius 1 is 1.25 bits per heavy atom. The first-order valence-corrected chi connectivity index (χ1v) is 7.74. The van der Waals surface area contributed by atoms with Crippen molar-refractivity contribution in [3.8, 4) is 5.75 Å². The van der Waals surface area contributed by atoms with Crippen LogP contribution in [0.1, 0.15) is 16.7 Å². The molecule has 6 nitrogen and oxygen atoms in total. The third kappa shape index (κ3) is 3.22. The van der Waals surface area contributed by atoms with E-state index < -0.39 is 4.92 Å². The molecule has 0 bridgehead atoms. The van der Waals surface area contributed by atoms with Crippen molar-refractivity contribution < 1.29 is 14.5 Å². The summed E-state index contributed by atoms with van der Waals surface area (Å²) in [4.78, 5) is 25.0. The number of carbonyl (C=O) groups excluding carboxylic acids is 1. The van der Waals surface area contributed by atoms with Crippen molar-refractivity contribution in [2.24, 2.45) is 0 Å². The van der Waals surface area contributed by atoms with Gasteiger partial charge in [-0.05, 0) is 29.7 Å². The van der Waals surface area contributed by atoms with Gasteiger partial charge in [0.1, 0.15) is 5.75 Å². The van der Waals surface area contributed by atoms with Crippen LogP contribution in [0.4, 0.5) is 5.69 Å². The number of hydrogen-bond acceptors (Lipinski definition) is 4. The number of benzene rings is 2. The summed E-state index contributed by atoms with van der Waals surface area (Å²) in [5.41, 5.74) is 2.72. The molecule has 0 fully saturated rings. The quantitative estimate of drug-likeness (QED) is 0.640. The molecule has 1 heterocycles. The molecule has 124 valence electrons. The molecule has 1 amide bonds. The van der Waals surface area contributed by atoms with Crippen LogP contribution in [-0.4, -0.2) is 29.4 Å². The van der Waals surface area contributed by atoms with Crippen molar-refractivity contribution in [1.82, 2.24) is 4.90 Å². The smallest absolute Gasteiger partial charge is 0.273 e. The van der Waals surface area contributed by atoms with Crippen LogP contribution in [0.3, 0.4) is 0 Å². The molecule has 0 atom stereocenters. The molecule has 0 N–H and O–H groups in total. The molecule has 0 saturated heterocycles. The molecule has 0 saturated carbocycles. The number of fused-ring (bicyclic) bond motifs is 1. The van der Waals surface area contributed by atoms with E-state index in [0.29, 0.717) is 18.7 Å². The normalized spacial score (nSPS) is 13.3. The van der Waals surface area contributed by atoms with E-state index in [1.54, 1.807) is 30.2 Å². The molecule has 6 heteroatoms. The zero-order valence-corrected chi connectivity index (χ0v) is 13.4. The van der Waals surface area contributed by atoms with Gasteiger partial charge in [-0.15, -0.1) is 0 Å². The highest BCUT2D eigenvalue weighted by molar-refractivity contribution is 5.80. The van der Waals surface area contributed by atoms with Crippen LogP contribution in [0.25, 0.3) is 0 Å². The fourth-order valence-corrected chi connectivity index (χ4v) is 2.99. The number of nitrogens with zero attached hydrogens (tertiary/aromatic N) is 2. The lowest BCUT2D eigenvalue weighted by atomic mass is 9.98. The van der Waals surface area contributed by atoms with Gasteiger partial charge in [0, 0.05) is 24.7 Å². The Labute approximate surface area is 139 Å². The Kier molecular flexibility index (Phi) is 4.46. The molecule has 0 aromatic heterocycles. The van der Waals surface area contributed by atoms with Crippen molar-refractivity contribution in [1.29, 1.82) is 0 Å². The number of amides is 1. The fourth-order valence-electron chi connectivity index (χ4n) is 2.99. The predicted octanol–water partition coefficient (Wildman–Crippen LogP) is 2.73.